The Labute approximate surface area is 183 Å². The number of carbonyl (C=O) groups is 1. The summed E-state index contributed by atoms with van der Waals surface area (Å²) in [4.78, 5) is 24.3. The number of amides is 1. The first-order valence-electron chi connectivity index (χ1n) is 10.4. The lowest BCUT2D eigenvalue weighted by Crippen LogP contribution is -2.38. The zero-order chi connectivity index (χ0) is 21.2. The molecule has 1 unspecified atom stereocenters. The van der Waals surface area contributed by atoms with Crippen LogP contribution < -0.4 is 5.32 Å². The topological polar surface area (TPSA) is 90.5 Å². The van der Waals surface area contributed by atoms with Crippen molar-refractivity contribution in [1.29, 1.82) is 0 Å². The quantitative estimate of drug-likeness (QED) is 0.432. The number of pyridine rings is 1. The van der Waals surface area contributed by atoms with Gasteiger partial charge in [0.05, 0.1) is 19.3 Å². The van der Waals surface area contributed by atoms with E-state index in [1.807, 2.05) is 18.3 Å². The minimum Gasteiger partial charge on any atom is -0.395 e. The van der Waals surface area contributed by atoms with Gasteiger partial charge in [0.1, 0.15) is 9.71 Å². The smallest absolute Gasteiger partial charge is 0.261 e. The maximum Gasteiger partial charge on any atom is 0.261 e. The van der Waals surface area contributed by atoms with Gasteiger partial charge in [-0.15, -0.1) is 11.3 Å². The van der Waals surface area contributed by atoms with Gasteiger partial charge in [-0.3, -0.25) is 9.69 Å². The summed E-state index contributed by atoms with van der Waals surface area (Å²) in [5, 5.41) is 14.0. The van der Waals surface area contributed by atoms with E-state index in [9.17, 15) is 4.79 Å². The molecule has 5 rings (SSSR count). The number of hydrogen-bond donors (Lipinski definition) is 3. The summed E-state index contributed by atoms with van der Waals surface area (Å²) in [6, 6.07) is 12.5. The maximum absolute atomic E-state index is 12.8. The fraction of sp³-hybridized carbons (Fsp3) is 0.304. The van der Waals surface area contributed by atoms with Crippen LogP contribution in [0.2, 0.25) is 0 Å². The Balaban J connectivity index is 1.42. The Morgan fingerprint density at radius 2 is 2.29 bits per heavy atom. The molecule has 3 aromatic heterocycles. The van der Waals surface area contributed by atoms with Gasteiger partial charge in [0, 0.05) is 55.0 Å². The number of ether oxygens (including phenoxy) is 1. The first-order chi connectivity index (χ1) is 15.2. The highest BCUT2D eigenvalue weighted by Gasteiger charge is 2.30. The Morgan fingerprint density at radius 1 is 1.35 bits per heavy atom. The number of H-pyrrole nitrogens is 1. The summed E-state index contributed by atoms with van der Waals surface area (Å²) in [5.41, 5.74) is 3.29. The number of aromatic nitrogens is 2. The molecule has 0 bridgehead atoms. The molecule has 4 heterocycles. The van der Waals surface area contributed by atoms with E-state index in [0.29, 0.717) is 18.0 Å². The number of benzene rings is 1. The summed E-state index contributed by atoms with van der Waals surface area (Å²) in [6.45, 7) is 3.10. The molecule has 31 heavy (non-hydrogen) atoms. The number of aromatic amines is 1. The number of rotatable bonds is 6. The van der Waals surface area contributed by atoms with Crippen molar-refractivity contribution in [2.75, 3.05) is 32.8 Å². The molecule has 3 N–H and O–H groups in total. The number of nitrogens with zero attached hydrogens (tertiary/aromatic N) is 2. The second-order valence-electron chi connectivity index (χ2n) is 7.67. The van der Waals surface area contributed by atoms with Gasteiger partial charge >= 0.3 is 0 Å². The predicted octanol–water partition coefficient (Wildman–Crippen LogP) is 3.07. The van der Waals surface area contributed by atoms with Gasteiger partial charge < -0.3 is 20.1 Å². The van der Waals surface area contributed by atoms with Gasteiger partial charge in [0.25, 0.3) is 5.91 Å². The van der Waals surface area contributed by atoms with E-state index in [0.717, 1.165) is 34.4 Å². The van der Waals surface area contributed by atoms with E-state index in [-0.39, 0.29) is 25.2 Å². The highest BCUT2D eigenvalue weighted by Crippen LogP contribution is 2.37. The molecular formula is C23H24N4O3S. The van der Waals surface area contributed by atoms with E-state index in [1.165, 1.54) is 22.3 Å². The second kappa shape index (κ2) is 8.76. The molecule has 1 aliphatic heterocycles. The Hall–Kier alpha value is -2.78. The minimum atomic E-state index is -0.211. The van der Waals surface area contributed by atoms with Crippen LogP contribution in [0, 0.1) is 0 Å². The first kappa shape index (κ1) is 20.1. The van der Waals surface area contributed by atoms with Gasteiger partial charge in [-0.05, 0) is 35.2 Å². The molecule has 1 aromatic carbocycles. The third-order valence-corrected chi connectivity index (χ3v) is 6.73. The molecule has 7 nitrogen and oxygen atoms in total. The van der Waals surface area contributed by atoms with E-state index >= 15 is 0 Å². The third kappa shape index (κ3) is 4.07. The number of carbonyl (C=O) groups excluding carboxylic acids is 1. The molecular weight excluding hydrogens is 412 g/mol. The molecule has 0 saturated carbocycles. The highest BCUT2D eigenvalue weighted by molar-refractivity contribution is 7.20. The van der Waals surface area contributed by atoms with Crippen LogP contribution in [0.25, 0.3) is 21.1 Å². The largest absolute Gasteiger partial charge is 0.395 e. The van der Waals surface area contributed by atoms with Crippen LogP contribution in [0.1, 0.15) is 26.9 Å². The summed E-state index contributed by atoms with van der Waals surface area (Å²) in [7, 11) is 0. The molecule has 0 radical (unpaired) electrons. The normalized spacial score (nSPS) is 17.4. The number of nitrogens with one attached hydrogen (secondary N) is 2. The summed E-state index contributed by atoms with van der Waals surface area (Å²) in [5.74, 6) is -0.189. The maximum atomic E-state index is 12.8. The molecule has 1 saturated heterocycles. The standard InChI is InChI=1S/C23H24N4O3S/c28-10-8-25-22(29)21-20(17-2-1-6-26-23(17)31-21)19-14-27(9-11-30-19)13-15-3-4-18-16(12-15)5-7-24-18/h1-7,12,19,24,28H,8-11,13-14H2,(H,25,29). The lowest BCUT2D eigenvalue weighted by molar-refractivity contribution is -0.0323. The number of thiophene rings is 1. The predicted molar refractivity (Wildman–Crippen MR) is 121 cm³/mol. The Morgan fingerprint density at radius 3 is 3.19 bits per heavy atom. The van der Waals surface area contributed by atoms with Crippen LogP contribution in [0.15, 0.2) is 48.8 Å². The van der Waals surface area contributed by atoms with Gasteiger partial charge in [0.2, 0.25) is 0 Å². The number of morpholine rings is 1. The molecule has 4 aromatic rings. The third-order valence-electron chi connectivity index (χ3n) is 5.60. The summed E-state index contributed by atoms with van der Waals surface area (Å²) >= 11 is 1.38. The monoisotopic (exact) mass is 436 g/mol. The first-order valence-corrected chi connectivity index (χ1v) is 11.2. The lowest BCUT2D eigenvalue weighted by Gasteiger charge is -2.33. The molecule has 8 heteroatoms. The summed E-state index contributed by atoms with van der Waals surface area (Å²) in [6.07, 6.45) is 3.49. The zero-order valence-corrected chi connectivity index (χ0v) is 17.8. The van der Waals surface area contributed by atoms with Crippen LogP contribution in [0.3, 0.4) is 0 Å². The number of aliphatic hydroxyl groups is 1. The molecule has 160 valence electrons. The van der Waals surface area contributed by atoms with Crippen molar-refractivity contribution in [3.8, 4) is 0 Å². The van der Waals surface area contributed by atoms with E-state index in [2.05, 4.69) is 44.5 Å². The molecule has 0 spiro atoms. The highest BCUT2D eigenvalue weighted by atomic mass is 32.1. The number of hydrogen-bond acceptors (Lipinski definition) is 6. The van der Waals surface area contributed by atoms with Crippen LogP contribution in [0.4, 0.5) is 0 Å². The van der Waals surface area contributed by atoms with E-state index in [4.69, 9.17) is 9.84 Å². The molecule has 1 amide bonds. The van der Waals surface area contributed by atoms with Crippen LogP contribution in [0.5, 0.6) is 0 Å². The average Bonchev–Trinajstić information content (AvgIpc) is 3.42. The van der Waals surface area contributed by atoms with Crippen molar-refractivity contribution < 1.29 is 14.6 Å². The molecule has 1 fully saturated rings. The van der Waals surface area contributed by atoms with Crippen LogP contribution in [-0.2, 0) is 11.3 Å². The molecule has 0 aliphatic carbocycles. The Kier molecular flexibility index (Phi) is 5.69. The lowest BCUT2D eigenvalue weighted by atomic mass is 10.0. The fourth-order valence-electron chi connectivity index (χ4n) is 4.17. The van der Waals surface area contributed by atoms with E-state index < -0.39 is 0 Å². The molecule has 1 atom stereocenters. The number of aliphatic hydroxyl groups excluding tert-OH is 1. The SMILES string of the molecule is O=C(NCCO)c1sc2ncccc2c1C1CN(Cc2ccc3[nH]ccc3c2)CCO1. The van der Waals surface area contributed by atoms with Crippen LogP contribution in [-0.4, -0.2) is 58.7 Å². The second-order valence-corrected chi connectivity index (χ2v) is 8.67. The van der Waals surface area contributed by atoms with Crippen molar-refractivity contribution in [3.63, 3.8) is 0 Å². The van der Waals surface area contributed by atoms with Gasteiger partial charge in [-0.2, -0.15) is 0 Å². The van der Waals surface area contributed by atoms with Crippen LogP contribution >= 0.6 is 11.3 Å². The fourth-order valence-corrected chi connectivity index (χ4v) is 5.28. The average molecular weight is 437 g/mol. The van der Waals surface area contributed by atoms with Gasteiger partial charge in [0.15, 0.2) is 0 Å². The van der Waals surface area contributed by atoms with Gasteiger partial charge in [-0.25, -0.2) is 4.98 Å². The molecule has 1 aliphatic rings. The van der Waals surface area contributed by atoms with Crippen molar-refractivity contribution in [2.45, 2.75) is 12.6 Å². The van der Waals surface area contributed by atoms with Crippen molar-refractivity contribution in [3.05, 3.63) is 64.8 Å². The van der Waals surface area contributed by atoms with Crippen molar-refractivity contribution >= 4 is 38.4 Å². The Bertz CT molecular complexity index is 1220. The minimum absolute atomic E-state index is 0.0938. The summed E-state index contributed by atoms with van der Waals surface area (Å²) < 4.78 is 6.15. The van der Waals surface area contributed by atoms with Crippen molar-refractivity contribution in [2.24, 2.45) is 0 Å². The zero-order valence-electron chi connectivity index (χ0n) is 17.0. The number of fused-ring (bicyclic) bond motifs is 2. The van der Waals surface area contributed by atoms with Gasteiger partial charge in [-0.1, -0.05) is 12.1 Å². The van der Waals surface area contributed by atoms with Crippen molar-refractivity contribution in [1.82, 2.24) is 20.2 Å². The van der Waals surface area contributed by atoms with E-state index in [1.54, 1.807) is 6.20 Å².